The third-order valence-corrected chi connectivity index (χ3v) is 2.92. The number of hydrogen-bond acceptors (Lipinski definition) is 7. The van der Waals surface area contributed by atoms with Crippen LogP contribution in [0.2, 0.25) is 5.28 Å². The van der Waals surface area contributed by atoms with E-state index in [9.17, 15) is 4.79 Å². The van der Waals surface area contributed by atoms with Crippen molar-refractivity contribution in [2.45, 2.75) is 12.1 Å². The monoisotopic (exact) mass is 299 g/mol. The topological polar surface area (TPSA) is 98.5 Å². The summed E-state index contributed by atoms with van der Waals surface area (Å²) in [4.78, 5) is 27.2. The molecule has 0 aliphatic heterocycles. The first-order valence-corrected chi connectivity index (χ1v) is 6.71. The standard InChI is InChI=1S/C9H10ClN7OS/c1-2-12-6(18)3-19-9-15-7(10)14-8(16-9)17-5-11-4-13-17/h4-5H,2-3H2,1H3,(H,12,18). The summed E-state index contributed by atoms with van der Waals surface area (Å²) in [6.45, 7) is 2.44. The molecule has 10 heteroatoms. The van der Waals surface area contributed by atoms with Crippen LogP contribution in [0.5, 0.6) is 0 Å². The van der Waals surface area contributed by atoms with Crippen LogP contribution in [0.1, 0.15) is 6.92 Å². The lowest BCUT2D eigenvalue weighted by molar-refractivity contribution is -0.118. The first-order valence-electron chi connectivity index (χ1n) is 5.35. The Labute approximate surface area is 118 Å². The molecule has 2 aromatic rings. The summed E-state index contributed by atoms with van der Waals surface area (Å²) in [5, 5.41) is 6.98. The van der Waals surface area contributed by atoms with Gasteiger partial charge in [-0.2, -0.15) is 24.7 Å². The van der Waals surface area contributed by atoms with E-state index in [0.717, 1.165) is 0 Å². The van der Waals surface area contributed by atoms with Crippen LogP contribution in [0.25, 0.3) is 5.95 Å². The predicted octanol–water partition coefficient (Wildman–Crippen LogP) is 0.334. The molecule has 0 unspecified atom stereocenters. The van der Waals surface area contributed by atoms with Crippen molar-refractivity contribution in [3.05, 3.63) is 17.9 Å². The number of carbonyl (C=O) groups is 1. The molecule has 100 valence electrons. The number of rotatable bonds is 5. The van der Waals surface area contributed by atoms with Crippen LogP contribution in [0.4, 0.5) is 0 Å². The first-order chi connectivity index (χ1) is 9.19. The lowest BCUT2D eigenvalue weighted by atomic mass is 10.6. The van der Waals surface area contributed by atoms with E-state index >= 15 is 0 Å². The first kappa shape index (κ1) is 13.7. The predicted molar refractivity (Wildman–Crippen MR) is 69.2 cm³/mol. The molecule has 2 aromatic heterocycles. The van der Waals surface area contributed by atoms with Gasteiger partial charge >= 0.3 is 0 Å². The van der Waals surface area contributed by atoms with Crippen molar-refractivity contribution in [3.8, 4) is 5.95 Å². The molecule has 2 heterocycles. The van der Waals surface area contributed by atoms with Crippen LogP contribution in [-0.4, -0.2) is 47.9 Å². The van der Waals surface area contributed by atoms with Crippen molar-refractivity contribution in [2.24, 2.45) is 0 Å². The fraction of sp³-hybridized carbons (Fsp3) is 0.333. The van der Waals surface area contributed by atoms with Crippen molar-refractivity contribution in [3.63, 3.8) is 0 Å². The Morgan fingerprint density at radius 1 is 1.47 bits per heavy atom. The SMILES string of the molecule is CCNC(=O)CSc1nc(Cl)nc(-n2cncn2)n1. The van der Waals surface area contributed by atoms with Gasteiger partial charge in [0.15, 0.2) is 5.16 Å². The van der Waals surface area contributed by atoms with E-state index < -0.39 is 0 Å². The number of thioether (sulfide) groups is 1. The largest absolute Gasteiger partial charge is 0.356 e. The highest BCUT2D eigenvalue weighted by atomic mass is 35.5. The van der Waals surface area contributed by atoms with Gasteiger partial charge in [0.1, 0.15) is 12.7 Å². The second kappa shape index (κ2) is 6.43. The lowest BCUT2D eigenvalue weighted by Gasteiger charge is -2.03. The normalized spacial score (nSPS) is 10.4. The van der Waals surface area contributed by atoms with E-state index in [0.29, 0.717) is 11.7 Å². The number of nitrogens with one attached hydrogen (secondary N) is 1. The van der Waals surface area contributed by atoms with Crippen LogP contribution in [0.15, 0.2) is 17.8 Å². The second-order valence-electron chi connectivity index (χ2n) is 3.27. The van der Waals surface area contributed by atoms with Crippen LogP contribution in [0.3, 0.4) is 0 Å². The summed E-state index contributed by atoms with van der Waals surface area (Å²) < 4.78 is 1.36. The van der Waals surface area contributed by atoms with Gasteiger partial charge < -0.3 is 5.32 Å². The van der Waals surface area contributed by atoms with E-state index in [4.69, 9.17) is 11.6 Å². The number of nitrogens with zero attached hydrogens (tertiary/aromatic N) is 6. The van der Waals surface area contributed by atoms with Gasteiger partial charge in [0.2, 0.25) is 11.2 Å². The Morgan fingerprint density at radius 3 is 3.00 bits per heavy atom. The maximum absolute atomic E-state index is 11.4. The molecule has 8 nitrogen and oxygen atoms in total. The summed E-state index contributed by atoms with van der Waals surface area (Å²) in [5.74, 6) is 0.382. The molecule has 2 rings (SSSR count). The van der Waals surface area contributed by atoms with Crippen molar-refractivity contribution in [1.82, 2.24) is 35.0 Å². The van der Waals surface area contributed by atoms with Gasteiger partial charge in [-0.1, -0.05) is 11.8 Å². The highest BCUT2D eigenvalue weighted by Gasteiger charge is 2.09. The summed E-state index contributed by atoms with van der Waals surface area (Å²) >= 11 is 6.98. The minimum absolute atomic E-state index is 0.0406. The van der Waals surface area contributed by atoms with E-state index in [1.54, 1.807) is 0 Å². The number of carbonyl (C=O) groups excluding carboxylic acids is 1. The molecule has 0 aliphatic carbocycles. The van der Waals surface area contributed by atoms with Gasteiger partial charge in [-0.3, -0.25) is 4.79 Å². The molecular weight excluding hydrogens is 290 g/mol. The molecule has 0 aromatic carbocycles. The molecule has 0 fully saturated rings. The average molecular weight is 300 g/mol. The molecular formula is C9H10ClN7OS. The molecule has 1 N–H and O–H groups in total. The number of hydrogen-bond donors (Lipinski definition) is 1. The highest BCUT2D eigenvalue weighted by Crippen LogP contribution is 2.15. The van der Waals surface area contributed by atoms with Crippen LogP contribution < -0.4 is 5.32 Å². The quantitative estimate of drug-likeness (QED) is 0.794. The highest BCUT2D eigenvalue weighted by molar-refractivity contribution is 7.99. The van der Waals surface area contributed by atoms with Crippen molar-refractivity contribution in [2.75, 3.05) is 12.3 Å². The van der Waals surface area contributed by atoms with Gasteiger partial charge in [0, 0.05) is 6.54 Å². The fourth-order valence-corrected chi connectivity index (χ4v) is 2.04. The molecule has 0 aliphatic rings. The second-order valence-corrected chi connectivity index (χ2v) is 4.55. The molecule has 0 radical (unpaired) electrons. The molecule has 0 saturated heterocycles. The summed E-state index contributed by atoms with van der Waals surface area (Å²) in [6, 6.07) is 0. The third-order valence-electron chi connectivity index (χ3n) is 1.91. The maximum atomic E-state index is 11.4. The van der Waals surface area contributed by atoms with Crippen LogP contribution >= 0.6 is 23.4 Å². The summed E-state index contributed by atoms with van der Waals surface area (Å²) in [5.41, 5.74) is 0. The lowest BCUT2D eigenvalue weighted by Crippen LogP contribution is -2.24. The Kier molecular flexibility index (Phi) is 4.63. The molecule has 0 spiro atoms. The van der Waals surface area contributed by atoms with Crippen molar-refractivity contribution < 1.29 is 4.79 Å². The van der Waals surface area contributed by atoms with Crippen molar-refractivity contribution >= 4 is 29.3 Å². The minimum Gasteiger partial charge on any atom is -0.356 e. The smallest absolute Gasteiger partial charge is 0.257 e. The average Bonchev–Trinajstić information content (AvgIpc) is 2.90. The van der Waals surface area contributed by atoms with Gasteiger partial charge in [-0.15, -0.1) is 0 Å². The van der Waals surface area contributed by atoms with E-state index in [1.807, 2.05) is 6.92 Å². The summed E-state index contributed by atoms with van der Waals surface area (Å²) in [7, 11) is 0. The van der Waals surface area contributed by atoms with Crippen LogP contribution in [0, 0.1) is 0 Å². The van der Waals surface area contributed by atoms with E-state index in [1.165, 1.54) is 29.1 Å². The van der Waals surface area contributed by atoms with E-state index in [-0.39, 0.29) is 22.9 Å². The van der Waals surface area contributed by atoms with E-state index in [2.05, 4.69) is 30.4 Å². The zero-order valence-electron chi connectivity index (χ0n) is 9.95. The van der Waals surface area contributed by atoms with Crippen LogP contribution in [-0.2, 0) is 4.79 Å². The third kappa shape index (κ3) is 3.86. The number of halogens is 1. The maximum Gasteiger partial charge on any atom is 0.257 e. The zero-order valence-corrected chi connectivity index (χ0v) is 11.5. The molecule has 0 atom stereocenters. The molecule has 0 bridgehead atoms. The zero-order chi connectivity index (χ0) is 13.7. The number of aromatic nitrogens is 6. The Balaban J connectivity index is 2.11. The van der Waals surface area contributed by atoms with Crippen molar-refractivity contribution in [1.29, 1.82) is 0 Å². The van der Waals surface area contributed by atoms with Gasteiger partial charge in [-0.05, 0) is 18.5 Å². The fourth-order valence-electron chi connectivity index (χ4n) is 1.18. The number of amides is 1. The Bertz CT molecular complexity index is 562. The Hall–Kier alpha value is -1.74. The van der Waals surface area contributed by atoms with Gasteiger partial charge in [0.25, 0.3) is 5.95 Å². The minimum atomic E-state index is -0.0914. The summed E-state index contributed by atoms with van der Waals surface area (Å²) in [6.07, 6.45) is 2.81. The Morgan fingerprint density at radius 2 is 2.32 bits per heavy atom. The molecule has 19 heavy (non-hydrogen) atoms. The van der Waals surface area contributed by atoms with Gasteiger partial charge in [-0.25, -0.2) is 4.98 Å². The van der Waals surface area contributed by atoms with Gasteiger partial charge in [0.05, 0.1) is 5.75 Å². The molecule has 0 saturated carbocycles. The molecule has 1 amide bonds.